The van der Waals surface area contributed by atoms with Crippen LogP contribution in [0.5, 0.6) is 17.4 Å². The largest absolute Gasteiger partial charge is 0.473 e. The number of halogens is 1. The highest BCUT2D eigenvalue weighted by Crippen LogP contribution is 2.32. The van der Waals surface area contributed by atoms with E-state index in [0.717, 1.165) is 28.6 Å². The summed E-state index contributed by atoms with van der Waals surface area (Å²) < 4.78 is 17.4. The van der Waals surface area contributed by atoms with Crippen molar-refractivity contribution < 1.29 is 19.0 Å². The van der Waals surface area contributed by atoms with Crippen LogP contribution in [0.3, 0.4) is 0 Å². The zero-order chi connectivity index (χ0) is 18.6. The Balaban J connectivity index is 1.30. The number of fused-ring (bicyclic) bond motifs is 1. The van der Waals surface area contributed by atoms with Gasteiger partial charge in [-0.2, -0.15) is 0 Å². The first-order valence-electron chi connectivity index (χ1n) is 8.83. The molecular weight excluding hydrogens is 412 g/mol. The molecule has 6 nitrogen and oxygen atoms in total. The van der Waals surface area contributed by atoms with Crippen LogP contribution in [0, 0.1) is 0 Å². The predicted molar refractivity (Wildman–Crippen MR) is 104 cm³/mol. The SMILES string of the molecule is O=C(/C=C/c1ccc2c(c1)OCO2)N1CCC(Oc2ncccc2Br)CC1. The number of ether oxygens (including phenoxy) is 3. The lowest BCUT2D eigenvalue weighted by Gasteiger charge is -2.31. The van der Waals surface area contributed by atoms with E-state index in [1.807, 2.05) is 35.2 Å². The van der Waals surface area contributed by atoms with Crippen molar-refractivity contribution in [2.45, 2.75) is 18.9 Å². The molecule has 1 aromatic heterocycles. The predicted octanol–water partition coefficient (Wildman–Crippen LogP) is 3.66. The Kier molecular flexibility index (Phi) is 5.29. The lowest BCUT2D eigenvalue weighted by Crippen LogP contribution is -2.41. The highest BCUT2D eigenvalue weighted by atomic mass is 79.9. The topological polar surface area (TPSA) is 60.9 Å². The Morgan fingerprint density at radius 1 is 1.22 bits per heavy atom. The molecule has 0 aliphatic carbocycles. The maximum atomic E-state index is 12.4. The number of aromatic nitrogens is 1. The number of hydrogen-bond donors (Lipinski definition) is 0. The summed E-state index contributed by atoms with van der Waals surface area (Å²) in [7, 11) is 0. The number of nitrogens with zero attached hydrogens (tertiary/aromatic N) is 2. The van der Waals surface area contributed by atoms with E-state index in [-0.39, 0.29) is 18.8 Å². The van der Waals surface area contributed by atoms with E-state index in [0.29, 0.717) is 24.7 Å². The number of piperidine rings is 1. The van der Waals surface area contributed by atoms with E-state index in [4.69, 9.17) is 14.2 Å². The molecule has 2 aliphatic rings. The molecule has 1 fully saturated rings. The zero-order valence-electron chi connectivity index (χ0n) is 14.6. The van der Waals surface area contributed by atoms with Crippen LogP contribution < -0.4 is 14.2 Å². The summed E-state index contributed by atoms with van der Waals surface area (Å²) >= 11 is 3.44. The third-order valence-corrected chi connectivity index (χ3v) is 5.18. The molecule has 0 spiro atoms. The maximum Gasteiger partial charge on any atom is 0.246 e. The van der Waals surface area contributed by atoms with Gasteiger partial charge in [-0.15, -0.1) is 0 Å². The first kappa shape index (κ1) is 17.9. The molecular formula is C20H19BrN2O4. The van der Waals surface area contributed by atoms with Gasteiger partial charge in [0, 0.05) is 38.2 Å². The van der Waals surface area contributed by atoms with Crippen molar-refractivity contribution in [1.29, 1.82) is 0 Å². The van der Waals surface area contributed by atoms with Gasteiger partial charge in [-0.25, -0.2) is 4.98 Å². The van der Waals surface area contributed by atoms with Crippen molar-refractivity contribution in [2.75, 3.05) is 19.9 Å². The minimum Gasteiger partial charge on any atom is -0.473 e. The Hall–Kier alpha value is -2.54. The summed E-state index contributed by atoms with van der Waals surface area (Å²) in [4.78, 5) is 18.5. The van der Waals surface area contributed by atoms with Gasteiger partial charge in [-0.05, 0) is 51.8 Å². The highest BCUT2D eigenvalue weighted by molar-refractivity contribution is 9.10. The number of carbonyl (C=O) groups excluding carboxylic acids is 1. The lowest BCUT2D eigenvalue weighted by atomic mass is 10.1. The van der Waals surface area contributed by atoms with Crippen molar-refractivity contribution in [3.05, 3.63) is 52.6 Å². The molecule has 0 atom stereocenters. The van der Waals surface area contributed by atoms with Gasteiger partial charge in [-0.3, -0.25) is 4.79 Å². The molecule has 2 aromatic rings. The summed E-state index contributed by atoms with van der Waals surface area (Å²) in [5.74, 6) is 2.05. The standard InChI is InChI=1S/C20H19BrN2O4/c21-16-2-1-9-22-20(16)27-15-7-10-23(11-8-15)19(24)6-4-14-3-5-17-18(12-14)26-13-25-17/h1-6,9,12,15H,7-8,10-11,13H2/b6-4+. The number of pyridine rings is 1. The number of hydrogen-bond acceptors (Lipinski definition) is 5. The molecule has 0 saturated carbocycles. The summed E-state index contributed by atoms with van der Waals surface area (Å²) in [6, 6.07) is 9.39. The fourth-order valence-corrected chi connectivity index (χ4v) is 3.45. The summed E-state index contributed by atoms with van der Waals surface area (Å²) in [5, 5.41) is 0. The van der Waals surface area contributed by atoms with Gasteiger partial charge in [-0.1, -0.05) is 6.07 Å². The van der Waals surface area contributed by atoms with Crippen LogP contribution in [0.1, 0.15) is 18.4 Å². The quantitative estimate of drug-likeness (QED) is 0.692. The molecule has 0 bridgehead atoms. The molecule has 3 heterocycles. The van der Waals surface area contributed by atoms with Crippen LogP contribution >= 0.6 is 15.9 Å². The van der Waals surface area contributed by atoms with Crippen LogP contribution in [0.4, 0.5) is 0 Å². The maximum absolute atomic E-state index is 12.4. The number of amides is 1. The van der Waals surface area contributed by atoms with Crippen molar-refractivity contribution in [2.24, 2.45) is 0 Å². The van der Waals surface area contributed by atoms with Gasteiger partial charge < -0.3 is 19.1 Å². The molecule has 0 radical (unpaired) electrons. The molecule has 4 rings (SSSR count). The highest BCUT2D eigenvalue weighted by Gasteiger charge is 2.23. The first-order valence-corrected chi connectivity index (χ1v) is 9.62. The van der Waals surface area contributed by atoms with E-state index >= 15 is 0 Å². The van der Waals surface area contributed by atoms with Crippen LogP contribution in [-0.2, 0) is 4.79 Å². The molecule has 27 heavy (non-hydrogen) atoms. The zero-order valence-corrected chi connectivity index (χ0v) is 16.2. The van der Waals surface area contributed by atoms with E-state index in [1.165, 1.54) is 0 Å². The molecule has 1 aromatic carbocycles. The van der Waals surface area contributed by atoms with Gasteiger partial charge >= 0.3 is 0 Å². The second kappa shape index (κ2) is 8.00. The molecule has 0 N–H and O–H groups in total. The average molecular weight is 431 g/mol. The molecule has 7 heteroatoms. The minimum atomic E-state index is 0.00475. The average Bonchev–Trinajstić information content (AvgIpc) is 3.16. The Morgan fingerprint density at radius 3 is 2.85 bits per heavy atom. The second-order valence-electron chi connectivity index (χ2n) is 6.38. The fourth-order valence-electron chi connectivity index (χ4n) is 3.10. The second-order valence-corrected chi connectivity index (χ2v) is 7.23. The van der Waals surface area contributed by atoms with Crippen LogP contribution in [0.25, 0.3) is 6.08 Å². The van der Waals surface area contributed by atoms with Gasteiger partial charge in [0.05, 0.1) is 4.47 Å². The van der Waals surface area contributed by atoms with Crippen molar-refractivity contribution in [1.82, 2.24) is 9.88 Å². The molecule has 140 valence electrons. The Morgan fingerprint density at radius 2 is 2.04 bits per heavy atom. The van der Waals surface area contributed by atoms with E-state index in [2.05, 4.69) is 20.9 Å². The van der Waals surface area contributed by atoms with Gasteiger partial charge in [0.15, 0.2) is 11.5 Å². The summed E-state index contributed by atoms with van der Waals surface area (Å²) in [6.07, 6.45) is 6.75. The molecule has 1 amide bonds. The fraction of sp³-hybridized carbons (Fsp3) is 0.300. The third-order valence-electron chi connectivity index (χ3n) is 4.57. The summed E-state index contributed by atoms with van der Waals surface area (Å²) in [5.41, 5.74) is 0.908. The minimum absolute atomic E-state index is 0.00475. The monoisotopic (exact) mass is 430 g/mol. The summed E-state index contributed by atoms with van der Waals surface area (Å²) in [6.45, 7) is 1.58. The van der Waals surface area contributed by atoms with Gasteiger partial charge in [0.2, 0.25) is 18.6 Å². The molecule has 1 saturated heterocycles. The van der Waals surface area contributed by atoms with E-state index in [1.54, 1.807) is 18.3 Å². The van der Waals surface area contributed by atoms with Crippen LogP contribution in [-0.4, -0.2) is 41.8 Å². The first-order chi connectivity index (χ1) is 13.2. The van der Waals surface area contributed by atoms with E-state index < -0.39 is 0 Å². The Labute approximate surface area is 165 Å². The number of likely N-dealkylation sites (tertiary alicyclic amines) is 1. The van der Waals surface area contributed by atoms with Gasteiger partial charge in [0.25, 0.3) is 0 Å². The van der Waals surface area contributed by atoms with Crippen LogP contribution in [0.15, 0.2) is 47.1 Å². The van der Waals surface area contributed by atoms with E-state index in [9.17, 15) is 4.79 Å². The van der Waals surface area contributed by atoms with Crippen molar-refractivity contribution in [3.8, 4) is 17.4 Å². The molecule has 2 aliphatic heterocycles. The molecule has 0 unspecified atom stereocenters. The number of benzene rings is 1. The number of carbonyl (C=O) groups is 1. The normalized spacial score (nSPS) is 16.7. The van der Waals surface area contributed by atoms with Crippen molar-refractivity contribution in [3.63, 3.8) is 0 Å². The lowest BCUT2D eigenvalue weighted by molar-refractivity contribution is -0.127. The van der Waals surface area contributed by atoms with Crippen LogP contribution in [0.2, 0.25) is 0 Å². The smallest absolute Gasteiger partial charge is 0.246 e. The van der Waals surface area contributed by atoms with Crippen molar-refractivity contribution >= 4 is 27.9 Å². The van der Waals surface area contributed by atoms with Gasteiger partial charge in [0.1, 0.15) is 6.10 Å². The number of rotatable bonds is 4. The Bertz CT molecular complexity index is 863. The third kappa shape index (κ3) is 4.24.